The summed E-state index contributed by atoms with van der Waals surface area (Å²) in [4.78, 5) is 0. The molecule has 1 aromatic carbocycles. The fourth-order valence-electron chi connectivity index (χ4n) is 1.89. The van der Waals surface area contributed by atoms with E-state index in [1.54, 1.807) is 10.9 Å². The van der Waals surface area contributed by atoms with Crippen LogP contribution in [0.2, 0.25) is 0 Å². The van der Waals surface area contributed by atoms with Gasteiger partial charge in [-0.05, 0) is 23.1 Å². The zero-order valence-corrected chi connectivity index (χ0v) is 10.5. The predicted molar refractivity (Wildman–Crippen MR) is 67.8 cm³/mol. The van der Waals surface area contributed by atoms with Crippen LogP contribution in [0.3, 0.4) is 0 Å². The molecule has 2 rings (SSSR count). The Kier molecular flexibility index (Phi) is 3.29. The maximum Gasteiger partial charge on any atom is 0.121 e. The summed E-state index contributed by atoms with van der Waals surface area (Å²) in [5.74, 6) is 0.512. The largest absolute Gasteiger partial charge is 0.382 e. The standard InChI is InChI=1S/C14H18N2O/c1-10(2)11-4-6-12(7-5-11)14(17)13-8-9-15-16(13)3/h4-10,14,17H,1-3H3. The molecule has 0 aliphatic heterocycles. The smallest absolute Gasteiger partial charge is 0.121 e. The van der Waals surface area contributed by atoms with Crippen LogP contribution in [0, 0.1) is 0 Å². The van der Waals surface area contributed by atoms with Crippen LogP contribution < -0.4 is 0 Å². The Morgan fingerprint density at radius 1 is 1.06 bits per heavy atom. The van der Waals surface area contributed by atoms with Gasteiger partial charge < -0.3 is 5.11 Å². The number of aliphatic hydroxyl groups excluding tert-OH is 1. The minimum atomic E-state index is -0.608. The number of rotatable bonds is 3. The Labute approximate surface area is 102 Å². The van der Waals surface area contributed by atoms with Gasteiger partial charge in [0.05, 0.1) is 5.69 Å². The van der Waals surface area contributed by atoms with Crippen molar-refractivity contribution in [3.05, 3.63) is 53.3 Å². The van der Waals surface area contributed by atoms with Gasteiger partial charge in [-0.3, -0.25) is 4.68 Å². The van der Waals surface area contributed by atoms with Crippen LogP contribution in [0.15, 0.2) is 36.5 Å². The normalized spacial score (nSPS) is 13.0. The van der Waals surface area contributed by atoms with E-state index in [9.17, 15) is 5.11 Å². The van der Waals surface area contributed by atoms with Gasteiger partial charge in [-0.25, -0.2) is 0 Å². The fraction of sp³-hybridized carbons (Fsp3) is 0.357. The van der Waals surface area contributed by atoms with Crippen molar-refractivity contribution in [1.29, 1.82) is 0 Å². The third-order valence-corrected chi connectivity index (χ3v) is 3.06. The van der Waals surface area contributed by atoms with E-state index in [4.69, 9.17) is 0 Å². The second-order valence-electron chi connectivity index (χ2n) is 4.60. The Hall–Kier alpha value is -1.61. The van der Waals surface area contributed by atoms with Crippen molar-refractivity contribution >= 4 is 0 Å². The molecule has 2 aromatic rings. The highest BCUT2D eigenvalue weighted by Crippen LogP contribution is 2.23. The molecule has 90 valence electrons. The van der Waals surface area contributed by atoms with Crippen LogP contribution in [0.1, 0.15) is 42.7 Å². The Morgan fingerprint density at radius 3 is 2.12 bits per heavy atom. The van der Waals surface area contributed by atoms with E-state index in [0.29, 0.717) is 5.92 Å². The molecule has 1 unspecified atom stereocenters. The molecule has 0 bridgehead atoms. The summed E-state index contributed by atoms with van der Waals surface area (Å²) >= 11 is 0. The maximum absolute atomic E-state index is 10.2. The molecule has 0 amide bonds. The van der Waals surface area contributed by atoms with E-state index >= 15 is 0 Å². The first kappa shape index (κ1) is 11.9. The van der Waals surface area contributed by atoms with Crippen LogP contribution in [-0.4, -0.2) is 14.9 Å². The van der Waals surface area contributed by atoms with Crippen LogP contribution in [0.25, 0.3) is 0 Å². The van der Waals surface area contributed by atoms with Crippen molar-refractivity contribution in [2.24, 2.45) is 7.05 Å². The SMILES string of the molecule is CC(C)c1ccc(C(O)c2ccnn2C)cc1. The molecule has 0 aliphatic rings. The zero-order valence-electron chi connectivity index (χ0n) is 10.5. The molecule has 1 heterocycles. The highest BCUT2D eigenvalue weighted by molar-refractivity contribution is 5.30. The topological polar surface area (TPSA) is 38.1 Å². The second kappa shape index (κ2) is 4.72. The number of nitrogens with zero attached hydrogens (tertiary/aromatic N) is 2. The van der Waals surface area contributed by atoms with E-state index in [1.165, 1.54) is 5.56 Å². The lowest BCUT2D eigenvalue weighted by Gasteiger charge is -2.13. The molecular formula is C14H18N2O. The number of hydrogen-bond donors (Lipinski definition) is 1. The van der Waals surface area contributed by atoms with Gasteiger partial charge in [0.15, 0.2) is 0 Å². The molecule has 0 fully saturated rings. The third kappa shape index (κ3) is 2.39. The van der Waals surface area contributed by atoms with Crippen LogP contribution in [-0.2, 0) is 7.05 Å². The van der Waals surface area contributed by atoms with E-state index in [-0.39, 0.29) is 0 Å². The molecule has 3 nitrogen and oxygen atoms in total. The Morgan fingerprint density at radius 2 is 1.65 bits per heavy atom. The first-order chi connectivity index (χ1) is 8.09. The van der Waals surface area contributed by atoms with Gasteiger partial charge in [-0.1, -0.05) is 38.1 Å². The monoisotopic (exact) mass is 230 g/mol. The summed E-state index contributed by atoms with van der Waals surface area (Å²) in [6, 6.07) is 9.93. The Balaban J connectivity index is 2.26. The molecular weight excluding hydrogens is 212 g/mol. The molecule has 3 heteroatoms. The average Bonchev–Trinajstić information content (AvgIpc) is 2.74. The van der Waals surface area contributed by atoms with Gasteiger partial charge in [-0.2, -0.15) is 5.10 Å². The van der Waals surface area contributed by atoms with Crippen molar-refractivity contribution in [1.82, 2.24) is 9.78 Å². The minimum Gasteiger partial charge on any atom is -0.382 e. The number of aromatic nitrogens is 2. The summed E-state index contributed by atoms with van der Waals surface area (Å²) in [6.07, 6.45) is 1.09. The van der Waals surface area contributed by atoms with Gasteiger partial charge in [0.25, 0.3) is 0 Å². The Bertz CT molecular complexity index is 485. The van der Waals surface area contributed by atoms with Gasteiger partial charge in [0.1, 0.15) is 6.10 Å². The molecule has 1 atom stereocenters. The number of aliphatic hydroxyl groups is 1. The minimum absolute atomic E-state index is 0.512. The van der Waals surface area contributed by atoms with Crippen molar-refractivity contribution in [3.63, 3.8) is 0 Å². The molecule has 0 spiro atoms. The molecule has 1 N–H and O–H groups in total. The number of hydrogen-bond acceptors (Lipinski definition) is 2. The van der Waals surface area contributed by atoms with E-state index < -0.39 is 6.10 Å². The average molecular weight is 230 g/mol. The third-order valence-electron chi connectivity index (χ3n) is 3.06. The lowest BCUT2D eigenvalue weighted by atomic mass is 9.99. The van der Waals surface area contributed by atoms with Crippen molar-refractivity contribution in [3.8, 4) is 0 Å². The van der Waals surface area contributed by atoms with Gasteiger partial charge in [0.2, 0.25) is 0 Å². The highest BCUT2D eigenvalue weighted by atomic mass is 16.3. The number of aryl methyl sites for hydroxylation is 1. The highest BCUT2D eigenvalue weighted by Gasteiger charge is 2.13. The lowest BCUT2D eigenvalue weighted by molar-refractivity contribution is 0.209. The molecule has 1 aromatic heterocycles. The predicted octanol–water partition coefficient (Wildman–Crippen LogP) is 2.63. The number of benzene rings is 1. The van der Waals surface area contributed by atoms with Gasteiger partial charge in [-0.15, -0.1) is 0 Å². The van der Waals surface area contributed by atoms with Crippen molar-refractivity contribution in [2.45, 2.75) is 25.9 Å². The first-order valence-electron chi connectivity index (χ1n) is 5.85. The molecule has 0 radical (unpaired) electrons. The van der Waals surface area contributed by atoms with Gasteiger partial charge in [0, 0.05) is 13.2 Å². The van der Waals surface area contributed by atoms with Crippen LogP contribution in [0.5, 0.6) is 0 Å². The lowest BCUT2D eigenvalue weighted by Crippen LogP contribution is -2.06. The maximum atomic E-state index is 10.2. The van der Waals surface area contributed by atoms with E-state index in [2.05, 4.69) is 31.1 Å². The van der Waals surface area contributed by atoms with Crippen LogP contribution >= 0.6 is 0 Å². The fourth-order valence-corrected chi connectivity index (χ4v) is 1.89. The molecule has 17 heavy (non-hydrogen) atoms. The van der Waals surface area contributed by atoms with Gasteiger partial charge >= 0.3 is 0 Å². The molecule has 0 saturated heterocycles. The van der Waals surface area contributed by atoms with Crippen molar-refractivity contribution in [2.75, 3.05) is 0 Å². The molecule has 0 aliphatic carbocycles. The molecule has 0 saturated carbocycles. The van der Waals surface area contributed by atoms with E-state index in [1.807, 2.05) is 25.2 Å². The summed E-state index contributed by atoms with van der Waals surface area (Å²) in [5.41, 5.74) is 2.99. The summed E-state index contributed by atoms with van der Waals surface area (Å²) in [7, 11) is 1.83. The van der Waals surface area contributed by atoms with Crippen LogP contribution in [0.4, 0.5) is 0 Å². The quantitative estimate of drug-likeness (QED) is 0.880. The first-order valence-corrected chi connectivity index (χ1v) is 5.85. The zero-order chi connectivity index (χ0) is 12.4. The summed E-state index contributed by atoms with van der Waals surface area (Å²) in [6.45, 7) is 4.32. The van der Waals surface area contributed by atoms with E-state index in [0.717, 1.165) is 11.3 Å². The summed E-state index contributed by atoms with van der Waals surface area (Å²) < 4.78 is 1.70. The summed E-state index contributed by atoms with van der Waals surface area (Å²) in [5, 5.41) is 14.3. The second-order valence-corrected chi connectivity index (χ2v) is 4.60. The van der Waals surface area contributed by atoms with Crippen molar-refractivity contribution < 1.29 is 5.11 Å².